The van der Waals surface area contributed by atoms with Crippen LogP contribution in [0.5, 0.6) is 0 Å². The third-order valence-corrected chi connectivity index (χ3v) is 1.71. The lowest BCUT2D eigenvalue weighted by atomic mass is 10.1. The first-order valence-electron chi connectivity index (χ1n) is 4.23. The summed E-state index contributed by atoms with van der Waals surface area (Å²) in [7, 11) is 0. The van der Waals surface area contributed by atoms with E-state index in [4.69, 9.17) is 5.11 Å². The molecule has 1 nitrogen and oxygen atoms in total. The molecule has 12 heavy (non-hydrogen) atoms. The standard InChI is InChI=1S/C11H14O/c12-10-6-2-5-9-11-7-3-1-4-8-11/h1-4,6-8,12H,5,9-10H2/b6-2+. The summed E-state index contributed by atoms with van der Waals surface area (Å²) in [5, 5.41) is 8.48. The van der Waals surface area contributed by atoms with E-state index in [-0.39, 0.29) is 6.61 Å². The first kappa shape index (κ1) is 9.01. The van der Waals surface area contributed by atoms with Crippen molar-refractivity contribution >= 4 is 0 Å². The molecule has 1 rings (SSSR count). The van der Waals surface area contributed by atoms with Gasteiger partial charge in [-0.15, -0.1) is 0 Å². The summed E-state index contributed by atoms with van der Waals surface area (Å²) in [6.07, 6.45) is 5.85. The number of rotatable bonds is 4. The van der Waals surface area contributed by atoms with Gasteiger partial charge in [0.1, 0.15) is 0 Å². The van der Waals surface area contributed by atoms with Gasteiger partial charge >= 0.3 is 0 Å². The van der Waals surface area contributed by atoms with E-state index in [0.717, 1.165) is 12.8 Å². The van der Waals surface area contributed by atoms with E-state index in [1.165, 1.54) is 5.56 Å². The summed E-state index contributed by atoms with van der Waals surface area (Å²) >= 11 is 0. The highest BCUT2D eigenvalue weighted by molar-refractivity contribution is 5.15. The van der Waals surface area contributed by atoms with Crippen LogP contribution in [-0.2, 0) is 6.42 Å². The third kappa shape index (κ3) is 3.35. The molecule has 0 atom stereocenters. The van der Waals surface area contributed by atoms with Gasteiger partial charge in [-0.25, -0.2) is 0 Å². The average molecular weight is 162 g/mol. The van der Waals surface area contributed by atoms with Gasteiger partial charge in [0.05, 0.1) is 6.61 Å². The van der Waals surface area contributed by atoms with Gasteiger partial charge in [0.2, 0.25) is 0 Å². The smallest absolute Gasteiger partial charge is 0.0612 e. The molecule has 0 saturated heterocycles. The van der Waals surface area contributed by atoms with Crippen LogP contribution in [0.15, 0.2) is 42.5 Å². The molecule has 64 valence electrons. The van der Waals surface area contributed by atoms with Crippen LogP contribution < -0.4 is 0 Å². The van der Waals surface area contributed by atoms with Gasteiger partial charge in [-0.1, -0.05) is 42.5 Å². The van der Waals surface area contributed by atoms with Gasteiger partial charge in [0.15, 0.2) is 0 Å². The van der Waals surface area contributed by atoms with E-state index in [0.29, 0.717) is 0 Å². The first-order valence-corrected chi connectivity index (χ1v) is 4.23. The summed E-state index contributed by atoms with van der Waals surface area (Å²) in [6.45, 7) is 0.148. The minimum absolute atomic E-state index is 0.148. The number of aliphatic hydroxyl groups is 1. The number of allylic oxidation sites excluding steroid dienone is 1. The largest absolute Gasteiger partial charge is 0.392 e. The summed E-state index contributed by atoms with van der Waals surface area (Å²) in [5.41, 5.74) is 1.35. The van der Waals surface area contributed by atoms with Crippen LogP contribution in [0.25, 0.3) is 0 Å². The maximum absolute atomic E-state index is 8.48. The maximum atomic E-state index is 8.48. The maximum Gasteiger partial charge on any atom is 0.0612 e. The molecule has 0 heterocycles. The first-order chi connectivity index (χ1) is 5.93. The Bertz CT molecular complexity index is 226. The van der Waals surface area contributed by atoms with Crippen molar-refractivity contribution in [3.8, 4) is 0 Å². The SMILES string of the molecule is OC/C=C/CCc1ccccc1. The second-order valence-electron chi connectivity index (χ2n) is 2.68. The van der Waals surface area contributed by atoms with Gasteiger partial charge in [0, 0.05) is 0 Å². The van der Waals surface area contributed by atoms with Crippen molar-refractivity contribution in [1.82, 2.24) is 0 Å². The zero-order valence-electron chi connectivity index (χ0n) is 7.11. The number of hydrogen-bond acceptors (Lipinski definition) is 1. The average Bonchev–Trinajstić information content (AvgIpc) is 2.14. The quantitative estimate of drug-likeness (QED) is 0.673. The minimum Gasteiger partial charge on any atom is -0.392 e. The van der Waals surface area contributed by atoms with Crippen LogP contribution in [0.3, 0.4) is 0 Å². The Morgan fingerprint density at radius 3 is 2.50 bits per heavy atom. The molecule has 1 N–H and O–H groups in total. The number of aryl methyl sites for hydroxylation is 1. The van der Waals surface area contributed by atoms with Crippen LogP contribution in [0.2, 0.25) is 0 Å². The predicted octanol–water partition coefficient (Wildman–Crippen LogP) is 2.17. The highest BCUT2D eigenvalue weighted by atomic mass is 16.2. The predicted molar refractivity (Wildman–Crippen MR) is 51.0 cm³/mol. The van der Waals surface area contributed by atoms with Crippen molar-refractivity contribution in [3.05, 3.63) is 48.0 Å². The molecule has 1 heteroatoms. The molecular formula is C11H14O. The molecule has 1 aromatic carbocycles. The Balaban J connectivity index is 2.29. The van der Waals surface area contributed by atoms with Gasteiger partial charge in [-0.3, -0.25) is 0 Å². The van der Waals surface area contributed by atoms with E-state index in [1.807, 2.05) is 24.3 Å². The van der Waals surface area contributed by atoms with Gasteiger partial charge in [0.25, 0.3) is 0 Å². The molecule has 0 amide bonds. The Morgan fingerprint density at radius 2 is 1.83 bits per heavy atom. The lowest BCUT2D eigenvalue weighted by Crippen LogP contribution is -1.81. The summed E-state index contributed by atoms with van der Waals surface area (Å²) in [5.74, 6) is 0. The van der Waals surface area contributed by atoms with Gasteiger partial charge in [-0.05, 0) is 18.4 Å². The lowest BCUT2D eigenvalue weighted by Gasteiger charge is -1.95. The molecule has 0 saturated carbocycles. The van der Waals surface area contributed by atoms with E-state index in [2.05, 4.69) is 12.1 Å². The summed E-state index contributed by atoms with van der Waals surface area (Å²) in [6, 6.07) is 10.4. The molecule has 0 aliphatic heterocycles. The zero-order chi connectivity index (χ0) is 8.65. The Labute approximate surface area is 73.4 Å². The van der Waals surface area contributed by atoms with Crippen LogP contribution in [0.4, 0.5) is 0 Å². The second-order valence-corrected chi connectivity index (χ2v) is 2.68. The minimum atomic E-state index is 0.148. The van der Waals surface area contributed by atoms with Crippen molar-refractivity contribution in [2.45, 2.75) is 12.8 Å². The second kappa shape index (κ2) is 5.56. The molecular weight excluding hydrogens is 148 g/mol. The van der Waals surface area contributed by atoms with Crippen molar-refractivity contribution in [1.29, 1.82) is 0 Å². The summed E-state index contributed by atoms with van der Waals surface area (Å²) in [4.78, 5) is 0. The lowest BCUT2D eigenvalue weighted by molar-refractivity contribution is 0.342. The highest BCUT2D eigenvalue weighted by Gasteiger charge is 1.86. The summed E-state index contributed by atoms with van der Waals surface area (Å²) < 4.78 is 0. The zero-order valence-corrected chi connectivity index (χ0v) is 7.11. The fourth-order valence-electron chi connectivity index (χ4n) is 1.09. The third-order valence-electron chi connectivity index (χ3n) is 1.71. The van der Waals surface area contributed by atoms with Crippen molar-refractivity contribution < 1.29 is 5.11 Å². The number of benzene rings is 1. The Kier molecular flexibility index (Phi) is 4.17. The molecule has 0 unspecified atom stereocenters. The topological polar surface area (TPSA) is 20.2 Å². The molecule has 0 aliphatic rings. The van der Waals surface area contributed by atoms with E-state index in [1.54, 1.807) is 6.08 Å². The molecule has 1 aromatic rings. The van der Waals surface area contributed by atoms with Crippen LogP contribution >= 0.6 is 0 Å². The number of hydrogen-bond donors (Lipinski definition) is 1. The fraction of sp³-hybridized carbons (Fsp3) is 0.273. The molecule has 0 aromatic heterocycles. The van der Waals surface area contributed by atoms with Gasteiger partial charge in [-0.2, -0.15) is 0 Å². The Hall–Kier alpha value is -1.08. The van der Waals surface area contributed by atoms with E-state index < -0.39 is 0 Å². The fourth-order valence-corrected chi connectivity index (χ4v) is 1.09. The van der Waals surface area contributed by atoms with Crippen molar-refractivity contribution in [2.75, 3.05) is 6.61 Å². The Morgan fingerprint density at radius 1 is 1.08 bits per heavy atom. The molecule has 0 radical (unpaired) electrons. The van der Waals surface area contributed by atoms with E-state index in [9.17, 15) is 0 Å². The highest BCUT2D eigenvalue weighted by Crippen LogP contribution is 2.02. The molecule has 0 bridgehead atoms. The molecule has 0 spiro atoms. The molecule has 0 fully saturated rings. The van der Waals surface area contributed by atoms with Crippen molar-refractivity contribution in [2.24, 2.45) is 0 Å². The normalized spacial score (nSPS) is 10.8. The van der Waals surface area contributed by atoms with Crippen molar-refractivity contribution in [3.63, 3.8) is 0 Å². The number of aliphatic hydroxyl groups excluding tert-OH is 1. The van der Waals surface area contributed by atoms with Crippen LogP contribution in [0, 0.1) is 0 Å². The monoisotopic (exact) mass is 162 g/mol. The molecule has 0 aliphatic carbocycles. The van der Waals surface area contributed by atoms with Crippen LogP contribution in [-0.4, -0.2) is 11.7 Å². The van der Waals surface area contributed by atoms with Gasteiger partial charge < -0.3 is 5.11 Å². The van der Waals surface area contributed by atoms with E-state index >= 15 is 0 Å². The van der Waals surface area contributed by atoms with Crippen LogP contribution in [0.1, 0.15) is 12.0 Å².